The Bertz CT molecular complexity index is 360. The van der Waals surface area contributed by atoms with Crippen molar-refractivity contribution in [2.45, 2.75) is 32.4 Å². The van der Waals surface area contributed by atoms with Gasteiger partial charge in [-0.3, -0.25) is 0 Å². The van der Waals surface area contributed by atoms with E-state index in [2.05, 4.69) is 0 Å². The van der Waals surface area contributed by atoms with Gasteiger partial charge in [-0.1, -0.05) is 37.6 Å². The van der Waals surface area contributed by atoms with Crippen LogP contribution in [-0.2, 0) is 0 Å². The van der Waals surface area contributed by atoms with Gasteiger partial charge in [0.25, 0.3) is 0 Å². The lowest BCUT2D eigenvalue weighted by Gasteiger charge is -2.21. The molecule has 98 valence electrons. The minimum Gasteiger partial charge on any atom is -0.391 e. The third-order valence-electron chi connectivity index (χ3n) is 2.47. The molecule has 0 aliphatic carbocycles. The van der Waals surface area contributed by atoms with Crippen LogP contribution >= 0.6 is 24.0 Å². The Balaban J connectivity index is 0.00000256. The molecule has 0 aliphatic heterocycles. The standard InChI is InChI=1S/C12H17ClFNO.ClH/c1-7(2)6-10(16)12(15)8-4-3-5-9(13)11(8)14;/h3-5,7,10,12,16H,6,15H2,1-2H3;1H/t10-,12+;/m1./s1. The molecule has 17 heavy (non-hydrogen) atoms. The molecule has 0 saturated carbocycles. The van der Waals surface area contributed by atoms with Crippen LogP contribution < -0.4 is 5.73 Å². The average Bonchev–Trinajstić information content (AvgIpc) is 2.20. The van der Waals surface area contributed by atoms with Crippen LogP contribution in [-0.4, -0.2) is 11.2 Å². The van der Waals surface area contributed by atoms with Crippen LogP contribution in [0.2, 0.25) is 5.02 Å². The first-order valence-corrected chi connectivity index (χ1v) is 5.68. The molecule has 0 bridgehead atoms. The third-order valence-corrected chi connectivity index (χ3v) is 2.76. The van der Waals surface area contributed by atoms with Gasteiger partial charge < -0.3 is 10.8 Å². The summed E-state index contributed by atoms with van der Waals surface area (Å²) in [5, 5.41) is 9.85. The molecular formula is C12H18Cl2FNO. The van der Waals surface area contributed by atoms with Gasteiger partial charge in [0.1, 0.15) is 5.82 Å². The molecule has 0 aromatic heterocycles. The van der Waals surface area contributed by atoms with E-state index in [0.29, 0.717) is 12.3 Å². The molecule has 1 aromatic rings. The van der Waals surface area contributed by atoms with Crippen molar-refractivity contribution in [3.05, 3.63) is 34.6 Å². The van der Waals surface area contributed by atoms with Crippen LogP contribution in [0.4, 0.5) is 4.39 Å². The predicted octanol–water partition coefficient (Wildman–Crippen LogP) is 3.31. The smallest absolute Gasteiger partial charge is 0.146 e. The Labute approximate surface area is 112 Å². The molecule has 0 amide bonds. The summed E-state index contributed by atoms with van der Waals surface area (Å²) in [7, 11) is 0. The van der Waals surface area contributed by atoms with Crippen molar-refractivity contribution in [2.24, 2.45) is 11.7 Å². The zero-order valence-electron chi connectivity index (χ0n) is 9.86. The zero-order valence-corrected chi connectivity index (χ0v) is 11.4. The number of hydrogen-bond donors (Lipinski definition) is 2. The van der Waals surface area contributed by atoms with E-state index in [1.165, 1.54) is 6.07 Å². The van der Waals surface area contributed by atoms with Gasteiger partial charge in [0.15, 0.2) is 0 Å². The van der Waals surface area contributed by atoms with Gasteiger partial charge in [-0.25, -0.2) is 4.39 Å². The van der Waals surface area contributed by atoms with Gasteiger partial charge >= 0.3 is 0 Å². The van der Waals surface area contributed by atoms with Crippen molar-refractivity contribution in [3.63, 3.8) is 0 Å². The van der Waals surface area contributed by atoms with Crippen LogP contribution in [0.1, 0.15) is 31.9 Å². The summed E-state index contributed by atoms with van der Waals surface area (Å²) in [4.78, 5) is 0. The van der Waals surface area contributed by atoms with E-state index in [-0.39, 0.29) is 23.0 Å². The molecule has 3 N–H and O–H groups in total. The Morgan fingerprint density at radius 1 is 1.41 bits per heavy atom. The van der Waals surface area contributed by atoms with Crippen molar-refractivity contribution in [1.82, 2.24) is 0 Å². The summed E-state index contributed by atoms with van der Waals surface area (Å²) >= 11 is 5.66. The molecule has 0 saturated heterocycles. The summed E-state index contributed by atoms with van der Waals surface area (Å²) in [5.41, 5.74) is 6.07. The molecule has 1 rings (SSSR count). The van der Waals surface area contributed by atoms with Gasteiger partial charge in [0, 0.05) is 5.56 Å². The van der Waals surface area contributed by atoms with E-state index in [0.717, 1.165) is 0 Å². The topological polar surface area (TPSA) is 46.2 Å². The van der Waals surface area contributed by atoms with E-state index < -0.39 is 18.0 Å². The van der Waals surface area contributed by atoms with Crippen LogP contribution in [0.15, 0.2) is 18.2 Å². The minimum absolute atomic E-state index is 0. The molecule has 0 radical (unpaired) electrons. The molecular weight excluding hydrogens is 264 g/mol. The van der Waals surface area contributed by atoms with Crippen molar-refractivity contribution in [3.8, 4) is 0 Å². The van der Waals surface area contributed by atoms with Gasteiger partial charge in [0.2, 0.25) is 0 Å². The second kappa shape index (κ2) is 7.17. The van der Waals surface area contributed by atoms with E-state index in [4.69, 9.17) is 17.3 Å². The van der Waals surface area contributed by atoms with Gasteiger partial charge in [-0.05, 0) is 18.4 Å². The van der Waals surface area contributed by atoms with Crippen LogP contribution in [0.5, 0.6) is 0 Å². The maximum atomic E-state index is 13.6. The van der Waals surface area contributed by atoms with Crippen LogP contribution in [0, 0.1) is 11.7 Å². The molecule has 1 aromatic carbocycles. The highest BCUT2D eigenvalue weighted by atomic mass is 35.5. The number of halogens is 3. The average molecular weight is 282 g/mol. The highest BCUT2D eigenvalue weighted by Crippen LogP contribution is 2.25. The second-order valence-corrected chi connectivity index (χ2v) is 4.77. The van der Waals surface area contributed by atoms with Crippen molar-refractivity contribution < 1.29 is 9.50 Å². The molecule has 0 unspecified atom stereocenters. The van der Waals surface area contributed by atoms with E-state index in [1.807, 2.05) is 13.8 Å². The highest BCUT2D eigenvalue weighted by Gasteiger charge is 2.21. The molecule has 0 spiro atoms. The summed E-state index contributed by atoms with van der Waals surface area (Å²) in [5.74, 6) is -0.234. The normalized spacial score (nSPS) is 14.3. The number of hydrogen-bond acceptors (Lipinski definition) is 2. The van der Waals surface area contributed by atoms with E-state index >= 15 is 0 Å². The molecule has 5 heteroatoms. The lowest BCUT2D eigenvalue weighted by molar-refractivity contribution is 0.119. The largest absolute Gasteiger partial charge is 0.391 e. The summed E-state index contributed by atoms with van der Waals surface area (Å²) in [6, 6.07) is 3.90. The predicted molar refractivity (Wildman–Crippen MR) is 71.0 cm³/mol. The SMILES string of the molecule is CC(C)C[C@@H](O)[C@@H](N)c1cccc(Cl)c1F.Cl. The molecule has 0 heterocycles. The molecule has 2 atom stereocenters. The lowest BCUT2D eigenvalue weighted by atomic mass is 9.95. The fourth-order valence-electron chi connectivity index (χ4n) is 1.61. The van der Waals surface area contributed by atoms with Gasteiger partial charge in [0.05, 0.1) is 17.2 Å². The number of aliphatic hydroxyl groups is 1. The number of aliphatic hydroxyl groups excluding tert-OH is 1. The Morgan fingerprint density at radius 3 is 2.53 bits per heavy atom. The van der Waals surface area contributed by atoms with Gasteiger partial charge in [-0.2, -0.15) is 0 Å². The second-order valence-electron chi connectivity index (χ2n) is 4.37. The third kappa shape index (κ3) is 4.43. The minimum atomic E-state index is -0.757. The van der Waals surface area contributed by atoms with E-state index in [9.17, 15) is 9.50 Å². The fourth-order valence-corrected chi connectivity index (χ4v) is 1.80. The fraction of sp³-hybridized carbons (Fsp3) is 0.500. The molecule has 0 aliphatic rings. The molecule has 0 fully saturated rings. The maximum Gasteiger partial charge on any atom is 0.146 e. The highest BCUT2D eigenvalue weighted by molar-refractivity contribution is 6.30. The van der Waals surface area contributed by atoms with Crippen LogP contribution in [0.25, 0.3) is 0 Å². The van der Waals surface area contributed by atoms with Crippen molar-refractivity contribution >= 4 is 24.0 Å². The van der Waals surface area contributed by atoms with Crippen LogP contribution in [0.3, 0.4) is 0 Å². The zero-order chi connectivity index (χ0) is 12.3. The Hall–Kier alpha value is -0.350. The number of nitrogens with two attached hydrogens (primary N) is 1. The summed E-state index contributed by atoms with van der Waals surface area (Å²) in [6.07, 6.45) is -0.222. The van der Waals surface area contributed by atoms with Gasteiger partial charge in [-0.15, -0.1) is 12.4 Å². The first kappa shape index (κ1) is 16.6. The Morgan fingerprint density at radius 2 is 2.00 bits per heavy atom. The lowest BCUT2D eigenvalue weighted by Crippen LogP contribution is -2.28. The Kier molecular flexibility index (Phi) is 7.02. The number of rotatable bonds is 4. The van der Waals surface area contributed by atoms with E-state index in [1.54, 1.807) is 12.1 Å². The monoisotopic (exact) mass is 281 g/mol. The summed E-state index contributed by atoms with van der Waals surface area (Å²) < 4.78 is 13.6. The first-order chi connectivity index (χ1) is 7.43. The molecule has 2 nitrogen and oxygen atoms in total. The first-order valence-electron chi connectivity index (χ1n) is 5.31. The van der Waals surface area contributed by atoms with Crippen molar-refractivity contribution in [1.29, 1.82) is 0 Å². The summed E-state index contributed by atoms with van der Waals surface area (Å²) in [6.45, 7) is 3.95. The maximum absolute atomic E-state index is 13.6. The quantitative estimate of drug-likeness (QED) is 0.890. The van der Waals surface area contributed by atoms with Crippen molar-refractivity contribution in [2.75, 3.05) is 0 Å². The number of benzene rings is 1.